The standard InChI is InChI=1S/C16H22N2S/c1-5-6-17-13(4)15-10-18-16(19-15)14-8-11(2)7-12(3)9-14/h7-10,13,17H,5-6H2,1-4H3. The van der Waals surface area contributed by atoms with Crippen molar-refractivity contribution in [2.75, 3.05) is 6.54 Å². The number of benzene rings is 1. The molecule has 102 valence electrons. The van der Waals surface area contributed by atoms with E-state index in [1.165, 1.54) is 21.6 Å². The third-order valence-corrected chi connectivity index (χ3v) is 4.35. The fourth-order valence-electron chi connectivity index (χ4n) is 2.18. The number of nitrogens with one attached hydrogen (secondary N) is 1. The molecule has 2 nitrogen and oxygen atoms in total. The van der Waals surface area contributed by atoms with Gasteiger partial charge in [-0.05, 0) is 45.9 Å². The molecule has 2 rings (SSSR count). The van der Waals surface area contributed by atoms with Crippen molar-refractivity contribution < 1.29 is 0 Å². The van der Waals surface area contributed by atoms with Crippen LogP contribution in [0.3, 0.4) is 0 Å². The van der Waals surface area contributed by atoms with Gasteiger partial charge in [0.1, 0.15) is 5.01 Å². The molecule has 0 aliphatic heterocycles. The Labute approximate surface area is 119 Å². The summed E-state index contributed by atoms with van der Waals surface area (Å²) < 4.78 is 0. The molecule has 0 aliphatic carbocycles. The molecule has 0 spiro atoms. The Morgan fingerprint density at radius 2 is 1.89 bits per heavy atom. The Morgan fingerprint density at radius 3 is 2.53 bits per heavy atom. The van der Waals surface area contributed by atoms with Crippen molar-refractivity contribution in [3.05, 3.63) is 40.4 Å². The zero-order valence-corrected chi connectivity index (χ0v) is 13.0. The van der Waals surface area contributed by atoms with Gasteiger partial charge in [-0.1, -0.05) is 24.1 Å². The molecule has 0 amide bonds. The average molecular weight is 274 g/mol. The van der Waals surface area contributed by atoms with Gasteiger partial charge in [-0.25, -0.2) is 4.98 Å². The molecule has 19 heavy (non-hydrogen) atoms. The third-order valence-electron chi connectivity index (χ3n) is 3.12. The SMILES string of the molecule is CCCNC(C)c1cnc(-c2cc(C)cc(C)c2)s1. The van der Waals surface area contributed by atoms with Crippen LogP contribution < -0.4 is 5.32 Å². The van der Waals surface area contributed by atoms with E-state index in [0.717, 1.165) is 18.0 Å². The predicted molar refractivity (Wildman–Crippen MR) is 83.7 cm³/mol. The van der Waals surface area contributed by atoms with Crippen molar-refractivity contribution in [1.29, 1.82) is 0 Å². The van der Waals surface area contributed by atoms with Gasteiger partial charge in [0.2, 0.25) is 0 Å². The molecule has 1 unspecified atom stereocenters. The van der Waals surface area contributed by atoms with E-state index in [0.29, 0.717) is 6.04 Å². The van der Waals surface area contributed by atoms with Crippen LogP contribution in [-0.2, 0) is 0 Å². The van der Waals surface area contributed by atoms with Crippen LogP contribution in [0.4, 0.5) is 0 Å². The molecule has 0 aliphatic rings. The first kappa shape index (κ1) is 14.2. The van der Waals surface area contributed by atoms with E-state index >= 15 is 0 Å². The summed E-state index contributed by atoms with van der Waals surface area (Å²) in [7, 11) is 0. The quantitative estimate of drug-likeness (QED) is 0.869. The largest absolute Gasteiger partial charge is 0.309 e. The molecule has 0 saturated carbocycles. The second-order valence-corrected chi connectivity index (χ2v) is 6.18. The molecule has 2 aromatic rings. The molecule has 0 saturated heterocycles. The summed E-state index contributed by atoms with van der Waals surface area (Å²) >= 11 is 1.79. The van der Waals surface area contributed by atoms with E-state index in [4.69, 9.17) is 0 Å². The summed E-state index contributed by atoms with van der Waals surface area (Å²) in [6.07, 6.45) is 3.16. The van der Waals surface area contributed by atoms with E-state index < -0.39 is 0 Å². The molecule has 1 heterocycles. The van der Waals surface area contributed by atoms with Gasteiger partial charge < -0.3 is 5.32 Å². The second kappa shape index (κ2) is 6.31. The molecule has 3 heteroatoms. The summed E-state index contributed by atoms with van der Waals surface area (Å²) in [6, 6.07) is 7.00. The highest BCUT2D eigenvalue weighted by atomic mass is 32.1. The molecule has 0 bridgehead atoms. The monoisotopic (exact) mass is 274 g/mol. The van der Waals surface area contributed by atoms with Gasteiger partial charge in [0.15, 0.2) is 0 Å². The molecule has 0 fully saturated rings. The molecular weight excluding hydrogens is 252 g/mol. The molecular formula is C16H22N2S. The lowest BCUT2D eigenvalue weighted by Gasteiger charge is -2.09. The van der Waals surface area contributed by atoms with Gasteiger partial charge >= 0.3 is 0 Å². The van der Waals surface area contributed by atoms with Crippen molar-refractivity contribution in [1.82, 2.24) is 10.3 Å². The van der Waals surface area contributed by atoms with Crippen molar-refractivity contribution in [3.63, 3.8) is 0 Å². The highest BCUT2D eigenvalue weighted by Crippen LogP contribution is 2.29. The third kappa shape index (κ3) is 3.64. The van der Waals surface area contributed by atoms with Gasteiger partial charge in [0.25, 0.3) is 0 Å². The van der Waals surface area contributed by atoms with Gasteiger partial charge in [-0.15, -0.1) is 11.3 Å². The van der Waals surface area contributed by atoms with Gasteiger partial charge in [-0.2, -0.15) is 0 Å². The second-order valence-electron chi connectivity index (χ2n) is 5.12. The number of nitrogens with zero attached hydrogens (tertiary/aromatic N) is 1. The normalized spacial score (nSPS) is 12.6. The predicted octanol–water partition coefficient (Wildman–Crippen LogP) is 4.49. The van der Waals surface area contributed by atoms with Crippen molar-refractivity contribution >= 4 is 11.3 Å². The number of rotatable bonds is 5. The fraction of sp³-hybridized carbons (Fsp3) is 0.438. The molecule has 1 aromatic carbocycles. The first-order valence-corrected chi connectivity index (χ1v) is 7.69. The van der Waals surface area contributed by atoms with E-state index in [1.807, 2.05) is 6.20 Å². The first-order valence-electron chi connectivity index (χ1n) is 6.88. The van der Waals surface area contributed by atoms with Crippen LogP contribution in [0.25, 0.3) is 10.6 Å². The molecule has 1 aromatic heterocycles. The minimum atomic E-state index is 0.386. The maximum Gasteiger partial charge on any atom is 0.123 e. The molecule has 0 radical (unpaired) electrons. The Bertz CT molecular complexity index is 525. The summed E-state index contributed by atoms with van der Waals surface area (Å²) in [6.45, 7) is 9.71. The maximum absolute atomic E-state index is 4.58. The van der Waals surface area contributed by atoms with Crippen molar-refractivity contribution in [2.45, 2.75) is 40.2 Å². The number of thiazole rings is 1. The number of hydrogen-bond donors (Lipinski definition) is 1. The van der Waals surface area contributed by atoms with Crippen LogP contribution in [-0.4, -0.2) is 11.5 Å². The zero-order valence-electron chi connectivity index (χ0n) is 12.2. The highest BCUT2D eigenvalue weighted by molar-refractivity contribution is 7.15. The molecule has 1 atom stereocenters. The Kier molecular flexibility index (Phi) is 4.72. The highest BCUT2D eigenvalue weighted by Gasteiger charge is 2.10. The van der Waals surface area contributed by atoms with Crippen LogP contribution in [0, 0.1) is 13.8 Å². The molecule has 1 N–H and O–H groups in total. The summed E-state index contributed by atoms with van der Waals surface area (Å²) in [5.41, 5.74) is 3.82. The summed E-state index contributed by atoms with van der Waals surface area (Å²) in [5.74, 6) is 0. The summed E-state index contributed by atoms with van der Waals surface area (Å²) in [4.78, 5) is 5.88. The Morgan fingerprint density at radius 1 is 1.21 bits per heavy atom. The Hall–Kier alpha value is -1.19. The average Bonchev–Trinajstić information content (AvgIpc) is 2.84. The van der Waals surface area contributed by atoms with Crippen molar-refractivity contribution in [2.24, 2.45) is 0 Å². The smallest absolute Gasteiger partial charge is 0.123 e. The van der Waals surface area contributed by atoms with Crippen molar-refractivity contribution in [3.8, 4) is 10.6 Å². The number of hydrogen-bond acceptors (Lipinski definition) is 3. The fourth-order valence-corrected chi connectivity index (χ4v) is 3.11. The maximum atomic E-state index is 4.58. The van der Waals surface area contributed by atoms with E-state index in [1.54, 1.807) is 11.3 Å². The van der Waals surface area contributed by atoms with E-state index in [2.05, 4.69) is 56.2 Å². The lowest BCUT2D eigenvalue weighted by atomic mass is 10.1. The van der Waals surface area contributed by atoms with Gasteiger partial charge in [-0.3, -0.25) is 0 Å². The van der Waals surface area contributed by atoms with E-state index in [9.17, 15) is 0 Å². The lowest BCUT2D eigenvalue weighted by molar-refractivity contribution is 0.577. The van der Waals surface area contributed by atoms with Crippen LogP contribution in [0.15, 0.2) is 24.4 Å². The van der Waals surface area contributed by atoms with Crippen LogP contribution in [0.5, 0.6) is 0 Å². The van der Waals surface area contributed by atoms with Crippen LogP contribution >= 0.6 is 11.3 Å². The van der Waals surface area contributed by atoms with Crippen LogP contribution in [0.2, 0.25) is 0 Å². The van der Waals surface area contributed by atoms with Gasteiger partial charge in [0, 0.05) is 22.7 Å². The minimum Gasteiger partial charge on any atom is -0.309 e. The minimum absolute atomic E-state index is 0.386. The Balaban J connectivity index is 2.20. The zero-order chi connectivity index (χ0) is 13.8. The number of aromatic nitrogens is 1. The topological polar surface area (TPSA) is 24.9 Å². The first-order chi connectivity index (χ1) is 9.10. The lowest BCUT2D eigenvalue weighted by Crippen LogP contribution is -2.18. The van der Waals surface area contributed by atoms with E-state index in [-0.39, 0.29) is 0 Å². The van der Waals surface area contributed by atoms with Gasteiger partial charge in [0.05, 0.1) is 0 Å². The number of aryl methyl sites for hydroxylation is 2. The van der Waals surface area contributed by atoms with Crippen LogP contribution in [0.1, 0.15) is 42.3 Å². The summed E-state index contributed by atoms with van der Waals surface area (Å²) in [5, 5.41) is 4.62.